The molecule has 0 fully saturated rings. The van der Waals surface area contributed by atoms with Gasteiger partial charge in [-0.15, -0.1) is 11.3 Å². The standard InChI is InChI=1S/C20H22ClN3O4S/c1-11(2)20-24-14-5-6-15(18(21)19(14)29-20)28-13-4-7-17(22-8-13)27-10-12(3)23-16(26)9-25/h4-8,11-12,25H,9-10H2,1-3H3,(H,23,26). The minimum atomic E-state index is -0.552. The van der Waals surface area contributed by atoms with Gasteiger partial charge in [0.25, 0.3) is 0 Å². The van der Waals surface area contributed by atoms with Crippen LogP contribution in [0, 0.1) is 0 Å². The molecule has 0 saturated heterocycles. The molecule has 0 aliphatic heterocycles. The molecular formula is C20H22ClN3O4S. The number of nitrogens with one attached hydrogen (secondary N) is 1. The second-order valence-corrected chi connectivity index (χ2v) is 8.21. The van der Waals surface area contributed by atoms with E-state index in [1.54, 1.807) is 42.7 Å². The highest BCUT2D eigenvalue weighted by Crippen LogP contribution is 2.39. The topological polar surface area (TPSA) is 93.6 Å². The Bertz CT molecular complexity index is 991. The van der Waals surface area contributed by atoms with Crippen LogP contribution in [0.3, 0.4) is 0 Å². The number of benzene rings is 1. The summed E-state index contributed by atoms with van der Waals surface area (Å²) in [5, 5.41) is 12.9. The Morgan fingerprint density at radius 2 is 2.07 bits per heavy atom. The van der Waals surface area contributed by atoms with E-state index in [4.69, 9.17) is 26.2 Å². The van der Waals surface area contributed by atoms with Crippen LogP contribution in [-0.2, 0) is 4.79 Å². The van der Waals surface area contributed by atoms with Crippen molar-refractivity contribution < 1.29 is 19.4 Å². The van der Waals surface area contributed by atoms with Crippen LogP contribution in [0.1, 0.15) is 31.7 Å². The van der Waals surface area contributed by atoms with Crippen molar-refractivity contribution in [3.63, 3.8) is 0 Å². The van der Waals surface area contributed by atoms with Crippen molar-refractivity contribution in [3.05, 3.63) is 40.5 Å². The number of nitrogens with zero attached hydrogens (tertiary/aromatic N) is 2. The van der Waals surface area contributed by atoms with E-state index in [-0.39, 0.29) is 12.6 Å². The maximum absolute atomic E-state index is 11.1. The van der Waals surface area contributed by atoms with Crippen LogP contribution >= 0.6 is 22.9 Å². The monoisotopic (exact) mass is 435 g/mol. The number of aromatic nitrogens is 2. The molecule has 1 unspecified atom stereocenters. The molecule has 0 bridgehead atoms. The zero-order chi connectivity index (χ0) is 21.0. The molecule has 9 heteroatoms. The van der Waals surface area contributed by atoms with Crippen molar-refractivity contribution in [1.82, 2.24) is 15.3 Å². The highest BCUT2D eigenvalue weighted by atomic mass is 35.5. The minimum absolute atomic E-state index is 0.227. The van der Waals surface area contributed by atoms with E-state index in [1.165, 1.54) is 0 Å². The number of ether oxygens (including phenoxy) is 2. The van der Waals surface area contributed by atoms with Crippen LogP contribution < -0.4 is 14.8 Å². The first kappa shape index (κ1) is 21.3. The fourth-order valence-electron chi connectivity index (χ4n) is 2.50. The van der Waals surface area contributed by atoms with Gasteiger partial charge >= 0.3 is 0 Å². The lowest BCUT2D eigenvalue weighted by molar-refractivity contribution is -0.124. The van der Waals surface area contributed by atoms with Gasteiger partial charge in [-0.2, -0.15) is 0 Å². The number of aliphatic hydroxyl groups is 1. The number of rotatable bonds is 8. The van der Waals surface area contributed by atoms with Gasteiger partial charge < -0.3 is 19.9 Å². The van der Waals surface area contributed by atoms with Crippen molar-refractivity contribution in [2.45, 2.75) is 32.7 Å². The van der Waals surface area contributed by atoms with Gasteiger partial charge in [0.2, 0.25) is 11.8 Å². The van der Waals surface area contributed by atoms with Crippen molar-refractivity contribution in [1.29, 1.82) is 0 Å². The Hall–Kier alpha value is -2.42. The quantitative estimate of drug-likeness (QED) is 0.552. The maximum Gasteiger partial charge on any atom is 0.246 e. The van der Waals surface area contributed by atoms with Crippen LogP contribution in [0.5, 0.6) is 17.4 Å². The lowest BCUT2D eigenvalue weighted by atomic mass is 10.2. The van der Waals surface area contributed by atoms with Gasteiger partial charge in [-0.05, 0) is 25.1 Å². The van der Waals surface area contributed by atoms with E-state index in [1.807, 2.05) is 6.07 Å². The maximum atomic E-state index is 11.1. The summed E-state index contributed by atoms with van der Waals surface area (Å²) in [6, 6.07) is 6.84. The summed E-state index contributed by atoms with van der Waals surface area (Å²) in [5.41, 5.74) is 0.861. The molecule has 1 aromatic carbocycles. The van der Waals surface area contributed by atoms with Gasteiger partial charge in [-0.3, -0.25) is 4.79 Å². The zero-order valence-electron chi connectivity index (χ0n) is 16.3. The van der Waals surface area contributed by atoms with Gasteiger partial charge in [0, 0.05) is 12.0 Å². The average molecular weight is 436 g/mol. The zero-order valence-corrected chi connectivity index (χ0v) is 17.9. The lowest BCUT2D eigenvalue weighted by Gasteiger charge is -2.14. The summed E-state index contributed by atoms with van der Waals surface area (Å²) in [6.45, 7) is 5.64. The molecule has 0 saturated carbocycles. The third-order valence-corrected chi connectivity index (χ3v) is 5.82. The van der Waals surface area contributed by atoms with E-state index in [9.17, 15) is 4.79 Å². The average Bonchev–Trinajstić information content (AvgIpc) is 3.15. The molecule has 154 valence electrons. The Morgan fingerprint density at radius 3 is 2.72 bits per heavy atom. The van der Waals surface area contributed by atoms with Crippen molar-refractivity contribution in [2.24, 2.45) is 0 Å². The van der Waals surface area contributed by atoms with Crippen LogP contribution in [0.25, 0.3) is 10.2 Å². The predicted octanol–water partition coefficient (Wildman–Crippen LogP) is 4.14. The highest BCUT2D eigenvalue weighted by Gasteiger charge is 2.14. The molecule has 1 atom stereocenters. The molecular weight excluding hydrogens is 414 g/mol. The summed E-state index contributed by atoms with van der Waals surface area (Å²) < 4.78 is 12.3. The number of carbonyl (C=O) groups excluding carboxylic acids is 1. The first-order valence-corrected chi connectivity index (χ1v) is 10.3. The molecule has 0 spiro atoms. The number of pyridine rings is 1. The fraction of sp³-hybridized carbons (Fsp3) is 0.350. The number of hydrogen-bond donors (Lipinski definition) is 2. The largest absolute Gasteiger partial charge is 0.475 e. The van der Waals surface area contributed by atoms with Gasteiger partial charge in [-0.1, -0.05) is 25.4 Å². The summed E-state index contributed by atoms with van der Waals surface area (Å²) in [4.78, 5) is 19.9. The summed E-state index contributed by atoms with van der Waals surface area (Å²) in [5.74, 6) is 1.34. The van der Waals surface area contributed by atoms with Crippen LogP contribution in [0.2, 0.25) is 5.02 Å². The number of aliphatic hydroxyl groups excluding tert-OH is 1. The molecule has 0 aliphatic rings. The highest BCUT2D eigenvalue weighted by molar-refractivity contribution is 7.19. The molecule has 2 aromatic heterocycles. The van der Waals surface area contributed by atoms with Gasteiger partial charge in [-0.25, -0.2) is 9.97 Å². The van der Waals surface area contributed by atoms with Crippen LogP contribution in [0.15, 0.2) is 30.5 Å². The molecule has 0 radical (unpaired) electrons. The first-order chi connectivity index (χ1) is 13.9. The smallest absolute Gasteiger partial charge is 0.246 e. The Kier molecular flexibility index (Phi) is 6.89. The van der Waals surface area contributed by atoms with E-state index in [0.29, 0.717) is 28.3 Å². The molecule has 3 aromatic rings. The van der Waals surface area contributed by atoms with E-state index >= 15 is 0 Å². The Balaban J connectivity index is 1.65. The molecule has 3 rings (SSSR count). The minimum Gasteiger partial charge on any atom is -0.475 e. The van der Waals surface area contributed by atoms with E-state index in [0.717, 1.165) is 15.2 Å². The Labute approximate surface area is 177 Å². The molecule has 2 heterocycles. The molecule has 0 aliphatic carbocycles. The SMILES string of the molecule is CC(COc1ccc(Oc2ccc3nc(C(C)C)sc3c2Cl)cn1)NC(=O)CO. The molecule has 29 heavy (non-hydrogen) atoms. The normalized spacial score (nSPS) is 12.2. The van der Waals surface area contributed by atoms with Gasteiger partial charge in [0.15, 0.2) is 0 Å². The second kappa shape index (κ2) is 9.39. The summed E-state index contributed by atoms with van der Waals surface area (Å²) >= 11 is 8.10. The number of thiazole rings is 1. The molecule has 7 nitrogen and oxygen atoms in total. The molecule has 1 amide bonds. The second-order valence-electron chi connectivity index (χ2n) is 6.80. The van der Waals surface area contributed by atoms with Crippen LogP contribution in [0.4, 0.5) is 0 Å². The number of amides is 1. The summed E-state index contributed by atoms with van der Waals surface area (Å²) in [6.07, 6.45) is 1.54. The third kappa shape index (κ3) is 5.35. The number of fused-ring (bicyclic) bond motifs is 1. The van der Waals surface area contributed by atoms with Crippen molar-refractivity contribution in [3.8, 4) is 17.4 Å². The predicted molar refractivity (Wildman–Crippen MR) is 113 cm³/mol. The number of carbonyl (C=O) groups is 1. The third-order valence-electron chi connectivity index (χ3n) is 3.94. The van der Waals surface area contributed by atoms with Gasteiger partial charge in [0.05, 0.1) is 27.5 Å². The van der Waals surface area contributed by atoms with Gasteiger partial charge in [0.1, 0.15) is 29.7 Å². The lowest BCUT2D eigenvalue weighted by Crippen LogP contribution is -2.38. The van der Waals surface area contributed by atoms with Crippen molar-refractivity contribution in [2.75, 3.05) is 13.2 Å². The number of halogens is 1. The van der Waals surface area contributed by atoms with Crippen molar-refractivity contribution >= 4 is 39.1 Å². The van der Waals surface area contributed by atoms with E-state index in [2.05, 4.69) is 29.1 Å². The first-order valence-electron chi connectivity index (χ1n) is 9.13. The Morgan fingerprint density at radius 1 is 1.28 bits per heavy atom. The number of hydrogen-bond acceptors (Lipinski definition) is 7. The van der Waals surface area contributed by atoms with E-state index < -0.39 is 12.5 Å². The molecule has 2 N–H and O–H groups in total. The fourth-order valence-corrected chi connectivity index (χ4v) is 3.81. The summed E-state index contributed by atoms with van der Waals surface area (Å²) in [7, 11) is 0. The van der Waals surface area contributed by atoms with Crippen LogP contribution in [-0.4, -0.2) is 40.2 Å².